The summed E-state index contributed by atoms with van der Waals surface area (Å²) in [6.45, 7) is 4.35. The number of hydrogen-bond donors (Lipinski definition) is 3. The van der Waals surface area contributed by atoms with E-state index in [1.807, 2.05) is 6.08 Å². The summed E-state index contributed by atoms with van der Waals surface area (Å²) in [5.41, 5.74) is 0. The van der Waals surface area contributed by atoms with E-state index in [4.69, 9.17) is 0 Å². The minimum atomic E-state index is -0.861. The Kier molecular flexibility index (Phi) is 60.2. The first kappa shape index (κ1) is 67.9. The number of carbonyl (C=O) groups is 1. The van der Waals surface area contributed by atoms with Crippen LogP contribution in [0.15, 0.2) is 24.3 Å². The lowest BCUT2D eigenvalue weighted by Crippen LogP contribution is -2.45. The van der Waals surface area contributed by atoms with Gasteiger partial charge in [0, 0.05) is 6.42 Å². The lowest BCUT2D eigenvalue weighted by atomic mass is 10.0. The van der Waals surface area contributed by atoms with Gasteiger partial charge in [-0.2, -0.15) is 0 Å². The van der Waals surface area contributed by atoms with Crippen molar-refractivity contribution in [3.8, 4) is 0 Å². The first-order valence-electron chi connectivity index (χ1n) is 32.1. The number of carbonyl (C=O) groups excluding carboxylic acids is 1. The first-order chi connectivity index (χ1) is 34.2. The summed E-state index contributed by atoms with van der Waals surface area (Å²) in [7, 11) is 0. The van der Waals surface area contributed by atoms with Gasteiger partial charge in [0.2, 0.25) is 5.91 Å². The summed E-state index contributed by atoms with van der Waals surface area (Å²) in [6, 6.07) is -0.637. The fourth-order valence-electron chi connectivity index (χ4n) is 10.3. The molecule has 410 valence electrons. The Hall–Kier alpha value is -1.13. The van der Waals surface area contributed by atoms with Crippen molar-refractivity contribution in [3.05, 3.63) is 24.3 Å². The van der Waals surface area contributed by atoms with Crippen LogP contribution in [0.3, 0.4) is 0 Å². The standard InChI is InChI=1S/C65H127NO3/c1-3-5-7-9-11-13-15-17-19-21-23-25-27-29-30-31-32-33-34-35-36-37-38-40-42-44-46-48-50-52-54-56-58-60-64(68)63(62-67)66-65(69)61-59-57-55-53-51-49-47-45-43-41-39-28-26-24-22-20-18-16-14-12-10-8-6-4-2/h50,52,58,60,63-64,67-68H,3-49,51,53-57,59,61-62H2,1-2H3,(H,66,69)/b52-50+,60-58+. The van der Waals surface area contributed by atoms with Crippen LogP contribution in [-0.4, -0.2) is 34.9 Å². The van der Waals surface area contributed by atoms with Crippen LogP contribution in [0.2, 0.25) is 0 Å². The molecule has 2 atom stereocenters. The molecular weight excluding hydrogens is 843 g/mol. The number of rotatable bonds is 60. The Labute approximate surface area is 434 Å². The predicted octanol–water partition coefficient (Wildman–Crippen LogP) is 21.4. The van der Waals surface area contributed by atoms with E-state index in [1.54, 1.807) is 6.08 Å². The maximum absolute atomic E-state index is 12.5. The van der Waals surface area contributed by atoms with Gasteiger partial charge < -0.3 is 15.5 Å². The van der Waals surface area contributed by atoms with Crippen molar-refractivity contribution in [2.45, 2.75) is 379 Å². The summed E-state index contributed by atoms with van der Waals surface area (Å²) in [5.74, 6) is -0.0654. The van der Waals surface area contributed by atoms with Crippen LogP contribution in [0, 0.1) is 0 Å². The zero-order valence-corrected chi connectivity index (χ0v) is 47.4. The van der Waals surface area contributed by atoms with E-state index in [9.17, 15) is 15.0 Å². The molecule has 0 aliphatic heterocycles. The summed E-state index contributed by atoms with van der Waals surface area (Å²) >= 11 is 0. The fraction of sp³-hybridized carbons (Fsp3) is 0.923. The molecule has 0 saturated carbocycles. The van der Waals surface area contributed by atoms with Gasteiger partial charge in [-0.25, -0.2) is 0 Å². The number of unbranched alkanes of at least 4 members (excludes halogenated alkanes) is 51. The van der Waals surface area contributed by atoms with Gasteiger partial charge in [0.05, 0.1) is 18.8 Å². The van der Waals surface area contributed by atoms with Gasteiger partial charge in [0.1, 0.15) is 0 Å². The molecular formula is C65H127NO3. The Morgan fingerprint density at radius 2 is 0.565 bits per heavy atom. The average Bonchev–Trinajstić information content (AvgIpc) is 3.35. The molecule has 0 heterocycles. The van der Waals surface area contributed by atoms with Crippen LogP contribution in [0.25, 0.3) is 0 Å². The minimum absolute atomic E-state index is 0.0654. The third kappa shape index (κ3) is 57.6. The number of allylic oxidation sites excluding steroid dienone is 3. The highest BCUT2D eigenvalue weighted by atomic mass is 16.3. The Morgan fingerprint density at radius 1 is 0.333 bits per heavy atom. The molecule has 69 heavy (non-hydrogen) atoms. The number of hydrogen-bond acceptors (Lipinski definition) is 3. The highest BCUT2D eigenvalue weighted by Crippen LogP contribution is 2.19. The highest BCUT2D eigenvalue weighted by molar-refractivity contribution is 5.76. The molecule has 0 aliphatic rings. The third-order valence-electron chi connectivity index (χ3n) is 15.2. The van der Waals surface area contributed by atoms with Crippen molar-refractivity contribution in [2.24, 2.45) is 0 Å². The van der Waals surface area contributed by atoms with Crippen LogP contribution in [0.1, 0.15) is 367 Å². The lowest BCUT2D eigenvalue weighted by molar-refractivity contribution is -0.123. The SMILES string of the molecule is CCCCCCCCCCCCCCCCCCCCCCCCCCCCC/C=C/CC/C=C/C(O)C(CO)NC(=O)CCCCCCCCCCCCCCCCCCCCCCCCCC. The summed E-state index contributed by atoms with van der Waals surface area (Å²) < 4.78 is 0. The molecule has 4 nitrogen and oxygen atoms in total. The summed E-state index contributed by atoms with van der Waals surface area (Å²) in [5, 5.41) is 23.2. The zero-order chi connectivity index (χ0) is 49.9. The molecule has 0 bridgehead atoms. The molecule has 0 radical (unpaired) electrons. The van der Waals surface area contributed by atoms with Crippen molar-refractivity contribution < 1.29 is 15.0 Å². The summed E-state index contributed by atoms with van der Waals surface area (Å²) in [4.78, 5) is 12.5. The second-order valence-corrected chi connectivity index (χ2v) is 22.2. The third-order valence-corrected chi connectivity index (χ3v) is 15.2. The van der Waals surface area contributed by atoms with E-state index in [-0.39, 0.29) is 12.5 Å². The normalized spacial score (nSPS) is 12.8. The molecule has 0 aliphatic carbocycles. The number of nitrogens with one attached hydrogen (secondary N) is 1. The molecule has 0 rings (SSSR count). The zero-order valence-electron chi connectivity index (χ0n) is 47.4. The van der Waals surface area contributed by atoms with Gasteiger partial charge in [0.25, 0.3) is 0 Å². The molecule has 4 heteroatoms. The number of aliphatic hydroxyl groups is 2. The Bertz CT molecular complexity index is 1010. The van der Waals surface area contributed by atoms with E-state index in [1.165, 1.54) is 315 Å². The lowest BCUT2D eigenvalue weighted by Gasteiger charge is -2.19. The minimum Gasteiger partial charge on any atom is -0.394 e. The second kappa shape index (κ2) is 61.2. The summed E-state index contributed by atoms with van der Waals surface area (Å²) in [6.07, 6.45) is 82.5. The van der Waals surface area contributed by atoms with Crippen LogP contribution < -0.4 is 5.32 Å². The number of amides is 1. The molecule has 2 unspecified atom stereocenters. The number of aliphatic hydroxyl groups excluding tert-OH is 2. The van der Waals surface area contributed by atoms with Crippen molar-refractivity contribution in [2.75, 3.05) is 6.61 Å². The van der Waals surface area contributed by atoms with Gasteiger partial charge in [-0.3, -0.25) is 4.79 Å². The van der Waals surface area contributed by atoms with Crippen molar-refractivity contribution in [3.63, 3.8) is 0 Å². The Balaban J connectivity index is 3.45. The van der Waals surface area contributed by atoms with Crippen molar-refractivity contribution >= 4 is 5.91 Å². The van der Waals surface area contributed by atoms with Crippen LogP contribution in [0.4, 0.5) is 0 Å². The molecule has 1 amide bonds. The van der Waals surface area contributed by atoms with E-state index < -0.39 is 12.1 Å². The quantitative estimate of drug-likeness (QED) is 0.0420. The average molecular weight is 971 g/mol. The second-order valence-electron chi connectivity index (χ2n) is 22.2. The van der Waals surface area contributed by atoms with Gasteiger partial charge in [0.15, 0.2) is 0 Å². The van der Waals surface area contributed by atoms with Crippen molar-refractivity contribution in [1.29, 1.82) is 0 Å². The fourth-order valence-corrected chi connectivity index (χ4v) is 10.3. The molecule has 3 N–H and O–H groups in total. The van der Waals surface area contributed by atoms with Gasteiger partial charge in [-0.1, -0.05) is 353 Å². The molecule has 0 aromatic heterocycles. The molecule has 0 aromatic carbocycles. The van der Waals surface area contributed by atoms with Crippen LogP contribution in [-0.2, 0) is 4.79 Å². The highest BCUT2D eigenvalue weighted by Gasteiger charge is 2.18. The topological polar surface area (TPSA) is 69.6 Å². The van der Waals surface area contributed by atoms with E-state index in [2.05, 4.69) is 31.3 Å². The van der Waals surface area contributed by atoms with Gasteiger partial charge in [-0.15, -0.1) is 0 Å². The predicted molar refractivity (Wildman–Crippen MR) is 309 cm³/mol. The monoisotopic (exact) mass is 970 g/mol. The smallest absolute Gasteiger partial charge is 0.220 e. The molecule has 0 fully saturated rings. The van der Waals surface area contributed by atoms with E-state index in [0.29, 0.717) is 6.42 Å². The molecule has 0 spiro atoms. The van der Waals surface area contributed by atoms with Crippen molar-refractivity contribution in [1.82, 2.24) is 5.32 Å². The first-order valence-corrected chi connectivity index (χ1v) is 32.1. The van der Waals surface area contributed by atoms with Crippen LogP contribution in [0.5, 0.6) is 0 Å². The van der Waals surface area contributed by atoms with Gasteiger partial charge >= 0.3 is 0 Å². The van der Waals surface area contributed by atoms with Gasteiger partial charge in [-0.05, 0) is 32.1 Å². The maximum Gasteiger partial charge on any atom is 0.220 e. The maximum atomic E-state index is 12.5. The molecule has 0 aromatic rings. The van der Waals surface area contributed by atoms with E-state index in [0.717, 1.165) is 32.1 Å². The Morgan fingerprint density at radius 3 is 0.841 bits per heavy atom. The van der Waals surface area contributed by atoms with Crippen LogP contribution >= 0.6 is 0 Å². The largest absolute Gasteiger partial charge is 0.394 e. The van der Waals surface area contributed by atoms with E-state index >= 15 is 0 Å². The molecule has 0 saturated heterocycles.